The van der Waals surface area contributed by atoms with Gasteiger partial charge in [-0.1, -0.05) is 6.07 Å². The molecule has 0 saturated carbocycles. The molecule has 0 aliphatic carbocycles. The number of carbonyl (C=O) groups is 2. The van der Waals surface area contributed by atoms with Crippen molar-refractivity contribution in [2.75, 3.05) is 7.11 Å². The lowest BCUT2D eigenvalue weighted by Crippen LogP contribution is -2.27. The second kappa shape index (κ2) is 6.62. The van der Waals surface area contributed by atoms with Gasteiger partial charge in [0.1, 0.15) is 11.3 Å². The van der Waals surface area contributed by atoms with Crippen molar-refractivity contribution in [2.24, 2.45) is 0 Å². The number of methoxy groups -OCH3 is 1. The van der Waals surface area contributed by atoms with Crippen LogP contribution in [0.4, 0.5) is 0 Å². The van der Waals surface area contributed by atoms with Crippen LogP contribution in [0.5, 0.6) is 5.75 Å². The van der Waals surface area contributed by atoms with Crippen LogP contribution in [0.3, 0.4) is 0 Å². The Morgan fingerprint density at radius 3 is 2.59 bits per heavy atom. The molecule has 22 heavy (non-hydrogen) atoms. The molecule has 0 saturated heterocycles. The number of carbonyl (C=O) groups excluding carboxylic acids is 1. The summed E-state index contributed by atoms with van der Waals surface area (Å²) < 4.78 is 5.05. The first kappa shape index (κ1) is 16.0. The minimum Gasteiger partial charge on any atom is -0.496 e. The lowest BCUT2D eigenvalue weighted by Gasteiger charge is -2.15. The highest BCUT2D eigenvalue weighted by atomic mass is 32.1. The van der Waals surface area contributed by atoms with Crippen LogP contribution in [0.15, 0.2) is 29.6 Å². The number of carboxylic acid groups (broad SMARTS) is 1. The number of benzene rings is 1. The van der Waals surface area contributed by atoms with Crippen molar-refractivity contribution < 1.29 is 19.4 Å². The smallest absolute Gasteiger partial charge is 0.339 e. The Bertz CT molecular complexity index is 694. The molecular weight excluding hydrogens is 302 g/mol. The molecule has 2 aromatic rings. The predicted molar refractivity (Wildman–Crippen MR) is 84.9 cm³/mol. The fraction of sp³-hybridized carbons (Fsp3) is 0.250. The quantitative estimate of drug-likeness (QED) is 0.887. The standard InChI is InChI=1S/C16H17NO4S/c1-9-7-13(21-3)12(16(19)20)8-11(9)15(18)17-10(2)14-5-4-6-22-14/h4-8,10H,1-3H3,(H,17,18)(H,19,20). The molecule has 0 spiro atoms. The van der Waals surface area contributed by atoms with Gasteiger partial charge < -0.3 is 15.2 Å². The zero-order valence-corrected chi connectivity index (χ0v) is 13.4. The lowest BCUT2D eigenvalue weighted by molar-refractivity contribution is 0.0693. The van der Waals surface area contributed by atoms with Crippen LogP contribution in [0.2, 0.25) is 0 Å². The molecule has 0 radical (unpaired) electrons. The van der Waals surface area contributed by atoms with Gasteiger partial charge in [-0.25, -0.2) is 4.79 Å². The Kier molecular flexibility index (Phi) is 4.82. The van der Waals surface area contributed by atoms with E-state index in [-0.39, 0.29) is 23.3 Å². The summed E-state index contributed by atoms with van der Waals surface area (Å²) in [5, 5.41) is 14.0. The van der Waals surface area contributed by atoms with Crippen molar-refractivity contribution in [2.45, 2.75) is 19.9 Å². The maximum Gasteiger partial charge on any atom is 0.339 e. The van der Waals surface area contributed by atoms with Crippen LogP contribution in [-0.2, 0) is 0 Å². The van der Waals surface area contributed by atoms with E-state index in [4.69, 9.17) is 4.74 Å². The van der Waals surface area contributed by atoms with Crippen molar-refractivity contribution in [3.05, 3.63) is 51.2 Å². The average Bonchev–Trinajstić information content (AvgIpc) is 3.00. The number of ether oxygens (including phenoxy) is 1. The van der Waals surface area contributed by atoms with Crippen LogP contribution in [0, 0.1) is 6.92 Å². The van der Waals surface area contributed by atoms with E-state index in [9.17, 15) is 14.7 Å². The summed E-state index contributed by atoms with van der Waals surface area (Å²) in [5.74, 6) is -1.19. The average molecular weight is 319 g/mol. The SMILES string of the molecule is COc1cc(C)c(C(=O)NC(C)c2cccs2)cc1C(=O)O. The van der Waals surface area contributed by atoms with E-state index in [1.54, 1.807) is 24.3 Å². The van der Waals surface area contributed by atoms with Crippen molar-refractivity contribution >= 4 is 23.2 Å². The Labute approximate surface area is 132 Å². The molecule has 1 unspecified atom stereocenters. The molecule has 1 atom stereocenters. The summed E-state index contributed by atoms with van der Waals surface area (Å²) >= 11 is 1.56. The first-order valence-corrected chi connectivity index (χ1v) is 7.58. The molecule has 1 heterocycles. The van der Waals surface area contributed by atoms with Gasteiger partial charge >= 0.3 is 5.97 Å². The van der Waals surface area contributed by atoms with Crippen LogP contribution < -0.4 is 10.1 Å². The van der Waals surface area contributed by atoms with E-state index < -0.39 is 5.97 Å². The number of aromatic carboxylic acids is 1. The van der Waals surface area contributed by atoms with Gasteiger partial charge in [-0.15, -0.1) is 11.3 Å². The summed E-state index contributed by atoms with van der Waals surface area (Å²) in [6, 6.07) is 6.65. The van der Waals surface area contributed by atoms with Crippen LogP contribution >= 0.6 is 11.3 Å². The number of amides is 1. The van der Waals surface area contributed by atoms with Gasteiger partial charge in [0.25, 0.3) is 5.91 Å². The van der Waals surface area contributed by atoms with E-state index >= 15 is 0 Å². The van der Waals surface area contributed by atoms with Crippen LogP contribution in [0.25, 0.3) is 0 Å². The van der Waals surface area contributed by atoms with Gasteiger partial charge in [-0.3, -0.25) is 4.79 Å². The first-order valence-electron chi connectivity index (χ1n) is 6.70. The number of thiophene rings is 1. The van der Waals surface area contributed by atoms with Crippen molar-refractivity contribution in [3.8, 4) is 5.75 Å². The molecular formula is C16H17NO4S. The van der Waals surface area contributed by atoms with Gasteiger partial charge in [-0.2, -0.15) is 0 Å². The van der Waals surface area contributed by atoms with Gasteiger partial charge in [0.05, 0.1) is 13.2 Å². The second-order valence-electron chi connectivity index (χ2n) is 4.88. The molecule has 1 aromatic heterocycles. The number of aryl methyl sites for hydroxylation is 1. The molecule has 1 amide bonds. The van der Waals surface area contributed by atoms with Gasteiger partial charge in [0, 0.05) is 10.4 Å². The van der Waals surface area contributed by atoms with E-state index in [0.29, 0.717) is 11.1 Å². The third kappa shape index (κ3) is 3.28. The van der Waals surface area contributed by atoms with Crippen molar-refractivity contribution in [1.29, 1.82) is 0 Å². The molecule has 116 valence electrons. The lowest BCUT2D eigenvalue weighted by atomic mass is 10.0. The van der Waals surface area contributed by atoms with E-state index in [2.05, 4.69) is 5.32 Å². The zero-order chi connectivity index (χ0) is 16.3. The summed E-state index contributed by atoms with van der Waals surface area (Å²) in [4.78, 5) is 24.7. The third-order valence-electron chi connectivity index (χ3n) is 3.34. The monoisotopic (exact) mass is 319 g/mol. The third-order valence-corrected chi connectivity index (χ3v) is 4.39. The maximum absolute atomic E-state index is 12.4. The molecule has 2 rings (SSSR count). The molecule has 6 heteroatoms. The predicted octanol–water partition coefficient (Wildman–Crippen LogP) is 3.25. The highest BCUT2D eigenvalue weighted by Crippen LogP contribution is 2.25. The number of hydrogen-bond donors (Lipinski definition) is 2. The fourth-order valence-electron chi connectivity index (χ4n) is 2.15. The number of hydrogen-bond acceptors (Lipinski definition) is 4. The molecule has 1 aromatic carbocycles. The van der Waals surface area contributed by atoms with E-state index in [1.807, 2.05) is 24.4 Å². The van der Waals surface area contributed by atoms with E-state index in [1.165, 1.54) is 13.2 Å². The van der Waals surface area contributed by atoms with Gasteiger partial charge in [0.2, 0.25) is 0 Å². The summed E-state index contributed by atoms with van der Waals surface area (Å²) in [7, 11) is 1.40. The summed E-state index contributed by atoms with van der Waals surface area (Å²) in [6.45, 7) is 3.64. The Morgan fingerprint density at radius 1 is 1.32 bits per heavy atom. The highest BCUT2D eigenvalue weighted by Gasteiger charge is 2.19. The molecule has 0 aliphatic rings. The Hall–Kier alpha value is -2.34. The Balaban J connectivity index is 2.29. The number of nitrogens with one attached hydrogen (secondary N) is 1. The second-order valence-corrected chi connectivity index (χ2v) is 5.86. The topological polar surface area (TPSA) is 75.6 Å². The summed E-state index contributed by atoms with van der Waals surface area (Å²) in [6.07, 6.45) is 0. The number of rotatable bonds is 5. The van der Waals surface area contributed by atoms with Crippen molar-refractivity contribution in [3.63, 3.8) is 0 Å². The van der Waals surface area contributed by atoms with Crippen molar-refractivity contribution in [1.82, 2.24) is 5.32 Å². The van der Waals surface area contributed by atoms with Crippen LogP contribution in [-0.4, -0.2) is 24.1 Å². The summed E-state index contributed by atoms with van der Waals surface area (Å²) in [5.41, 5.74) is 0.973. The molecule has 5 nitrogen and oxygen atoms in total. The van der Waals surface area contributed by atoms with Crippen LogP contribution in [0.1, 0.15) is 44.1 Å². The normalized spacial score (nSPS) is 11.8. The molecule has 0 bridgehead atoms. The molecule has 0 fully saturated rings. The maximum atomic E-state index is 12.4. The van der Waals surface area contributed by atoms with E-state index in [0.717, 1.165) is 4.88 Å². The minimum absolute atomic E-state index is 0.0259. The zero-order valence-electron chi connectivity index (χ0n) is 12.5. The fourth-order valence-corrected chi connectivity index (χ4v) is 2.88. The van der Waals surface area contributed by atoms with Gasteiger partial charge in [0.15, 0.2) is 0 Å². The van der Waals surface area contributed by atoms with Gasteiger partial charge in [-0.05, 0) is 43.0 Å². The number of carboxylic acids is 1. The Morgan fingerprint density at radius 2 is 2.05 bits per heavy atom. The minimum atomic E-state index is -1.13. The molecule has 0 aliphatic heterocycles. The first-order chi connectivity index (χ1) is 10.4. The highest BCUT2D eigenvalue weighted by molar-refractivity contribution is 7.10. The molecule has 2 N–H and O–H groups in total. The largest absolute Gasteiger partial charge is 0.496 e.